The Labute approximate surface area is 139 Å². The molecule has 1 aromatic carbocycles. The topological polar surface area (TPSA) is 59.6 Å². The van der Waals surface area contributed by atoms with Gasteiger partial charge in [-0.05, 0) is 43.9 Å². The number of benzene rings is 1. The van der Waals surface area contributed by atoms with Crippen LogP contribution in [0.1, 0.15) is 32.3 Å². The average molecular weight is 391 g/mol. The van der Waals surface area contributed by atoms with Gasteiger partial charge in [-0.2, -0.15) is 0 Å². The highest BCUT2D eigenvalue weighted by Gasteiger charge is 1.99. The molecule has 20 heavy (non-hydrogen) atoms. The van der Waals surface area contributed by atoms with Crippen LogP contribution in [0.4, 0.5) is 0 Å². The van der Waals surface area contributed by atoms with Gasteiger partial charge in [0.25, 0.3) is 0 Å². The molecular formula is C15H26IN3O. The van der Waals surface area contributed by atoms with Gasteiger partial charge in [0, 0.05) is 12.6 Å². The minimum Gasteiger partial charge on any atom is -0.497 e. The number of aliphatic imine (C=N–C) groups is 1. The van der Waals surface area contributed by atoms with Crippen molar-refractivity contribution in [2.45, 2.75) is 39.2 Å². The SMILES string of the molecule is CCC(C)NC(N)=NCCCc1ccc(OC)cc1.I. The van der Waals surface area contributed by atoms with Gasteiger partial charge in [0.05, 0.1) is 7.11 Å². The summed E-state index contributed by atoms with van der Waals surface area (Å²) in [5.41, 5.74) is 7.09. The van der Waals surface area contributed by atoms with Crippen molar-refractivity contribution in [2.24, 2.45) is 10.7 Å². The van der Waals surface area contributed by atoms with Gasteiger partial charge in [-0.1, -0.05) is 19.1 Å². The van der Waals surface area contributed by atoms with Crippen molar-refractivity contribution in [2.75, 3.05) is 13.7 Å². The fourth-order valence-electron chi connectivity index (χ4n) is 1.68. The summed E-state index contributed by atoms with van der Waals surface area (Å²) in [6.45, 7) is 4.97. The van der Waals surface area contributed by atoms with E-state index in [-0.39, 0.29) is 24.0 Å². The fourth-order valence-corrected chi connectivity index (χ4v) is 1.68. The Hall–Kier alpha value is -0.980. The maximum atomic E-state index is 5.79. The molecule has 0 aliphatic heterocycles. The highest BCUT2D eigenvalue weighted by Crippen LogP contribution is 2.12. The van der Waals surface area contributed by atoms with Gasteiger partial charge in [0.1, 0.15) is 5.75 Å². The van der Waals surface area contributed by atoms with E-state index in [4.69, 9.17) is 10.5 Å². The molecule has 0 saturated heterocycles. The highest BCUT2D eigenvalue weighted by atomic mass is 127. The molecule has 1 atom stereocenters. The van der Waals surface area contributed by atoms with Crippen LogP contribution in [0, 0.1) is 0 Å². The number of aryl methyl sites for hydroxylation is 1. The number of rotatable bonds is 7. The Morgan fingerprint density at radius 3 is 2.55 bits per heavy atom. The molecule has 0 radical (unpaired) electrons. The zero-order valence-corrected chi connectivity index (χ0v) is 14.9. The molecule has 0 aliphatic carbocycles. The zero-order chi connectivity index (χ0) is 14.1. The molecule has 0 amide bonds. The molecule has 5 heteroatoms. The van der Waals surface area contributed by atoms with Crippen LogP contribution in [0.25, 0.3) is 0 Å². The number of hydrogen-bond acceptors (Lipinski definition) is 2. The molecule has 0 bridgehead atoms. The minimum atomic E-state index is 0. The van der Waals surface area contributed by atoms with Gasteiger partial charge < -0.3 is 15.8 Å². The quantitative estimate of drug-likeness (QED) is 0.325. The summed E-state index contributed by atoms with van der Waals surface area (Å²) in [7, 11) is 1.68. The second-order valence-corrected chi connectivity index (χ2v) is 4.67. The van der Waals surface area contributed by atoms with Crippen LogP contribution in [0.3, 0.4) is 0 Å². The highest BCUT2D eigenvalue weighted by molar-refractivity contribution is 14.0. The molecule has 0 spiro atoms. The van der Waals surface area contributed by atoms with E-state index >= 15 is 0 Å². The van der Waals surface area contributed by atoms with Crippen molar-refractivity contribution in [3.05, 3.63) is 29.8 Å². The van der Waals surface area contributed by atoms with E-state index in [0.29, 0.717) is 12.0 Å². The summed E-state index contributed by atoms with van der Waals surface area (Å²) in [4.78, 5) is 4.32. The lowest BCUT2D eigenvalue weighted by atomic mass is 10.1. The van der Waals surface area contributed by atoms with Gasteiger partial charge in [0.2, 0.25) is 0 Å². The number of nitrogens with two attached hydrogens (primary N) is 1. The summed E-state index contributed by atoms with van der Waals surface area (Å²) in [6.07, 6.45) is 3.04. The van der Waals surface area contributed by atoms with E-state index in [9.17, 15) is 0 Å². The van der Waals surface area contributed by atoms with Gasteiger partial charge in [-0.3, -0.25) is 4.99 Å². The van der Waals surface area contributed by atoms with Crippen LogP contribution in [0.2, 0.25) is 0 Å². The van der Waals surface area contributed by atoms with Gasteiger partial charge in [-0.25, -0.2) is 0 Å². The van der Waals surface area contributed by atoms with Gasteiger partial charge >= 0.3 is 0 Å². The Balaban J connectivity index is 0.00000361. The zero-order valence-electron chi connectivity index (χ0n) is 12.6. The predicted octanol–water partition coefficient (Wildman–Crippen LogP) is 2.95. The van der Waals surface area contributed by atoms with E-state index < -0.39 is 0 Å². The first kappa shape index (κ1) is 19.0. The summed E-state index contributed by atoms with van der Waals surface area (Å²) >= 11 is 0. The second-order valence-electron chi connectivity index (χ2n) is 4.67. The third-order valence-corrected chi connectivity index (χ3v) is 3.07. The first-order valence-corrected chi connectivity index (χ1v) is 6.85. The minimum absolute atomic E-state index is 0. The summed E-state index contributed by atoms with van der Waals surface area (Å²) in [5, 5.41) is 3.15. The van der Waals surface area contributed by atoms with Crippen molar-refractivity contribution >= 4 is 29.9 Å². The lowest BCUT2D eigenvalue weighted by Gasteiger charge is -2.11. The van der Waals surface area contributed by atoms with Crippen molar-refractivity contribution in [3.8, 4) is 5.75 Å². The maximum Gasteiger partial charge on any atom is 0.188 e. The van der Waals surface area contributed by atoms with Gasteiger partial charge in [0.15, 0.2) is 5.96 Å². The molecule has 1 unspecified atom stereocenters. The molecule has 114 valence electrons. The van der Waals surface area contributed by atoms with E-state index in [2.05, 4.69) is 36.3 Å². The molecule has 1 rings (SSSR count). The van der Waals surface area contributed by atoms with Crippen LogP contribution in [-0.4, -0.2) is 25.7 Å². The Morgan fingerprint density at radius 1 is 1.35 bits per heavy atom. The third-order valence-electron chi connectivity index (χ3n) is 3.07. The smallest absolute Gasteiger partial charge is 0.188 e. The number of hydrogen-bond donors (Lipinski definition) is 2. The standard InChI is InChI=1S/C15H25N3O.HI/c1-4-12(2)18-15(16)17-11-5-6-13-7-9-14(19-3)10-8-13;/h7-10,12H,4-6,11H2,1-3H3,(H3,16,17,18);1H. The molecule has 1 aromatic rings. The van der Waals surface area contributed by atoms with Crippen molar-refractivity contribution in [1.82, 2.24) is 5.32 Å². The number of nitrogens with one attached hydrogen (secondary N) is 1. The average Bonchev–Trinajstić information content (AvgIpc) is 2.44. The predicted molar refractivity (Wildman–Crippen MR) is 96.1 cm³/mol. The molecule has 0 fully saturated rings. The summed E-state index contributed by atoms with van der Waals surface area (Å²) in [5.74, 6) is 1.44. The molecule has 0 aliphatic rings. The third kappa shape index (κ3) is 7.57. The van der Waals surface area contributed by atoms with E-state index in [1.54, 1.807) is 7.11 Å². The monoisotopic (exact) mass is 391 g/mol. The maximum absolute atomic E-state index is 5.79. The molecule has 0 heterocycles. The lowest BCUT2D eigenvalue weighted by molar-refractivity contribution is 0.414. The Kier molecular flexibility index (Phi) is 10.2. The largest absolute Gasteiger partial charge is 0.497 e. The Morgan fingerprint density at radius 2 is 2.00 bits per heavy atom. The number of halogens is 1. The number of ether oxygens (including phenoxy) is 1. The summed E-state index contributed by atoms with van der Waals surface area (Å²) < 4.78 is 5.13. The van der Waals surface area contributed by atoms with Gasteiger partial charge in [-0.15, -0.1) is 24.0 Å². The van der Waals surface area contributed by atoms with Crippen LogP contribution in [0.5, 0.6) is 5.75 Å². The number of guanidine groups is 1. The van der Waals surface area contributed by atoms with E-state index in [1.807, 2.05) is 12.1 Å². The van der Waals surface area contributed by atoms with Crippen molar-refractivity contribution in [3.63, 3.8) is 0 Å². The van der Waals surface area contributed by atoms with Crippen molar-refractivity contribution in [1.29, 1.82) is 0 Å². The molecule has 3 N–H and O–H groups in total. The summed E-state index contributed by atoms with van der Waals surface area (Å²) in [6, 6.07) is 8.52. The van der Waals surface area contributed by atoms with E-state index in [1.165, 1.54) is 5.56 Å². The normalized spacial score (nSPS) is 12.4. The van der Waals surface area contributed by atoms with Crippen LogP contribution in [0.15, 0.2) is 29.3 Å². The Bertz CT molecular complexity index is 393. The lowest BCUT2D eigenvalue weighted by Crippen LogP contribution is -2.38. The van der Waals surface area contributed by atoms with Crippen molar-refractivity contribution < 1.29 is 4.74 Å². The molecule has 0 saturated carbocycles. The molecule has 0 aromatic heterocycles. The number of methoxy groups -OCH3 is 1. The first-order chi connectivity index (χ1) is 9.15. The molecule has 4 nitrogen and oxygen atoms in total. The first-order valence-electron chi connectivity index (χ1n) is 6.85. The fraction of sp³-hybridized carbons (Fsp3) is 0.533. The van der Waals surface area contributed by atoms with E-state index in [0.717, 1.165) is 31.6 Å². The number of nitrogens with zero attached hydrogens (tertiary/aromatic N) is 1. The second kappa shape index (κ2) is 10.8. The van der Waals surface area contributed by atoms with Crippen LogP contribution >= 0.6 is 24.0 Å². The van der Waals surface area contributed by atoms with Crippen LogP contribution < -0.4 is 15.8 Å². The molecular weight excluding hydrogens is 365 g/mol. The van der Waals surface area contributed by atoms with Crippen LogP contribution in [-0.2, 0) is 6.42 Å².